The van der Waals surface area contributed by atoms with Gasteiger partial charge >= 0.3 is 5.97 Å². The lowest BCUT2D eigenvalue weighted by molar-refractivity contribution is -0.136. The van der Waals surface area contributed by atoms with Crippen LogP contribution in [-0.2, 0) is 29.0 Å². The molecule has 0 radical (unpaired) electrons. The van der Waals surface area contributed by atoms with E-state index >= 15 is 0 Å². The van der Waals surface area contributed by atoms with E-state index < -0.39 is 5.97 Å². The molecule has 0 aliphatic rings. The molecule has 2 rings (SSSR count). The molecule has 0 saturated heterocycles. The summed E-state index contributed by atoms with van der Waals surface area (Å²) in [7, 11) is 0. The number of carboxylic acids is 1. The lowest BCUT2D eigenvalue weighted by atomic mass is 10.2. The maximum atomic E-state index is 11.8. The molecule has 1 aromatic carbocycles. The average molecular weight is 325 g/mol. The van der Waals surface area contributed by atoms with E-state index in [1.165, 1.54) is 11.3 Å². The predicted octanol–water partition coefficient (Wildman–Crippen LogP) is 2.28. The molecule has 7 heteroatoms. The number of nitrogens with zero attached hydrogens (tertiary/aromatic N) is 1. The van der Waals surface area contributed by atoms with Crippen molar-refractivity contribution in [3.63, 3.8) is 0 Å². The molecule has 0 fully saturated rings. The number of carbonyl (C=O) groups is 2. The minimum Gasteiger partial charge on any atom is -0.481 e. The number of hydrogen-bond donors (Lipinski definition) is 2. The number of halogens is 1. The number of aliphatic carboxylic acids is 1. The zero-order valence-corrected chi connectivity index (χ0v) is 12.6. The zero-order valence-electron chi connectivity index (χ0n) is 11.0. The summed E-state index contributed by atoms with van der Waals surface area (Å²) in [4.78, 5) is 26.5. The fourth-order valence-electron chi connectivity index (χ4n) is 1.70. The Balaban J connectivity index is 1.86. The van der Waals surface area contributed by atoms with Crippen molar-refractivity contribution in [2.45, 2.75) is 19.4 Å². The summed E-state index contributed by atoms with van der Waals surface area (Å²) in [6.45, 7) is 0.353. The van der Waals surface area contributed by atoms with Crippen molar-refractivity contribution in [1.82, 2.24) is 10.3 Å². The van der Waals surface area contributed by atoms with Crippen molar-refractivity contribution in [1.29, 1.82) is 0 Å². The second-order valence-corrected chi connectivity index (χ2v) is 5.70. The minimum atomic E-state index is -0.935. The second kappa shape index (κ2) is 7.19. The summed E-state index contributed by atoms with van der Waals surface area (Å²) in [6.07, 6.45) is 0.00643. The van der Waals surface area contributed by atoms with Crippen molar-refractivity contribution < 1.29 is 14.7 Å². The number of rotatable bonds is 6. The number of benzene rings is 1. The molecule has 5 nitrogen and oxygen atoms in total. The number of hydrogen-bond acceptors (Lipinski definition) is 4. The minimum absolute atomic E-state index is 0.127. The highest BCUT2D eigenvalue weighted by molar-refractivity contribution is 7.09. The van der Waals surface area contributed by atoms with Crippen molar-refractivity contribution in [2.75, 3.05) is 0 Å². The molecule has 2 aromatic rings. The molecule has 0 saturated carbocycles. The van der Waals surface area contributed by atoms with Crippen LogP contribution in [0.15, 0.2) is 29.6 Å². The number of amides is 1. The summed E-state index contributed by atoms with van der Waals surface area (Å²) in [6, 6.07) is 7.29. The molecule has 0 unspecified atom stereocenters. The van der Waals surface area contributed by atoms with Crippen LogP contribution < -0.4 is 5.32 Å². The van der Waals surface area contributed by atoms with Crippen LogP contribution in [0.4, 0.5) is 0 Å². The normalized spacial score (nSPS) is 10.3. The Kier molecular flexibility index (Phi) is 5.30. The third kappa shape index (κ3) is 4.84. The van der Waals surface area contributed by atoms with E-state index in [-0.39, 0.29) is 18.7 Å². The van der Waals surface area contributed by atoms with Gasteiger partial charge in [0.15, 0.2) is 0 Å². The summed E-state index contributed by atoms with van der Waals surface area (Å²) >= 11 is 7.29. The maximum Gasteiger partial charge on any atom is 0.309 e. The Morgan fingerprint density at radius 2 is 2.05 bits per heavy atom. The van der Waals surface area contributed by atoms with Crippen LogP contribution in [0.2, 0.25) is 5.02 Å². The van der Waals surface area contributed by atoms with Crippen LogP contribution in [0.25, 0.3) is 0 Å². The molecule has 1 aromatic heterocycles. The Bertz CT molecular complexity index is 657. The molecule has 110 valence electrons. The van der Waals surface area contributed by atoms with E-state index in [4.69, 9.17) is 16.7 Å². The van der Waals surface area contributed by atoms with Crippen molar-refractivity contribution >= 4 is 34.8 Å². The first-order valence-electron chi connectivity index (χ1n) is 6.20. The lowest BCUT2D eigenvalue weighted by Crippen LogP contribution is -2.24. The summed E-state index contributed by atoms with van der Waals surface area (Å²) < 4.78 is 0. The summed E-state index contributed by atoms with van der Waals surface area (Å²) in [5, 5.41) is 14.3. The highest BCUT2D eigenvalue weighted by atomic mass is 35.5. The summed E-state index contributed by atoms with van der Waals surface area (Å²) in [5.41, 5.74) is 1.32. The topological polar surface area (TPSA) is 79.3 Å². The van der Waals surface area contributed by atoms with Crippen molar-refractivity contribution in [3.8, 4) is 0 Å². The van der Waals surface area contributed by atoms with Gasteiger partial charge in [-0.25, -0.2) is 4.98 Å². The van der Waals surface area contributed by atoms with Crippen LogP contribution in [0.1, 0.15) is 16.3 Å². The van der Waals surface area contributed by atoms with E-state index in [9.17, 15) is 9.59 Å². The van der Waals surface area contributed by atoms with Gasteiger partial charge in [-0.15, -0.1) is 11.3 Å². The molecule has 0 aliphatic carbocycles. The SMILES string of the molecule is O=C(O)Cc1csc(CC(=O)NCc2ccccc2Cl)n1. The highest BCUT2D eigenvalue weighted by Crippen LogP contribution is 2.15. The van der Waals surface area contributed by atoms with E-state index in [2.05, 4.69) is 10.3 Å². The number of thiazole rings is 1. The van der Waals surface area contributed by atoms with Crippen LogP contribution in [0.5, 0.6) is 0 Å². The van der Waals surface area contributed by atoms with Crippen LogP contribution >= 0.6 is 22.9 Å². The van der Waals surface area contributed by atoms with Gasteiger partial charge in [-0.1, -0.05) is 29.8 Å². The molecule has 0 atom stereocenters. The van der Waals surface area contributed by atoms with Crippen LogP contribution in [0.3, 0.4) is 0 Å². The van der Waals surface area contributed by atoms with Gasteiger partial charge in [-0.2, -0.15) is 0 Å². The second-order valence-electron chi connectivity index (χ2n) is 4.35. The van der Waals surface area contributed by atoms with Gasteiger partial charge in [-0.3, -0.25) is 9.59 Å². The van der Waals surface area contributed by atoms with Crippen LogP contribution in [0, 0.1) is 0 Å². The average Bonchev–Trinajstić information content (AvgIpc) is 2.84. The number of nitrogens with one attached hydrogen (secondary N) is 1. The first-order chi connectivity index (χ1) is 10.0. The Morgan fingerprint density at radius 1 is 1.29 bits per heavy atom. The monoisotopic (exact) mass is 324 g/mol. The van der Waals surface area contributed by atoms with Crippen molar-refractivity contribution in [2.24, 2.45) is 0 Å². The number of aromatic nitrogens is 1. The van der Waals surface area contributed by atoms with Gasteiger partial charge < -0.3 is 10.4 Å². The third-order valence-electron chi connectivity index (χ3n) is 2.68. The van der Waals surface area contributed by atoms with Gasteiger partial charge in [0.1, 0.15) is 5.01 Å². The molecular formula is C14H13ClN2O3S. The molecule has 0 aliphatic heterocycles. The molecule has 1 heterocycles. The predicted molar refractivity (Wildman–Crippen MR) is 80.5 cm³/mol. The van der Waals surface area contributed by atoms with E-state index in [0.29, 0.717) is 22.3 Å². The van der Waals surface area contributed by atoms with E-state index in [1.807, 2.05) is 18.2 Å². The third-order valence-corrected chi connectivity index (χ3v) is 3.94. The lowest BCUT2D eigenvalue weighted by Gasteiger charge is -2.05. The molecular weight excluding hydrogens is 312 g/mol. The van der Waals surface area contributed by atoms with Gasteiger partial charge in [0, 0.05) is 16.9 Å². The standard InChI is InChI=1S/C14H13ClN2O3S/c15-11-4-2-1-3-9(11)7-16-12(18)6-13-17-10(8-21-13)5-14(19)20/h1-4,8H,5-7H2,(H,16,18)(H,19,20). The fraction of sp³-hybridized carbons (Fsp3) is 0.214. The van der Waals surface area contributed by atoms with Gasteiger partial charge in [0.05, 0.1) is 18.5 Å². The van der Waals surface area contributed by atoms with E-state index in [0.717, 1.165) is 5.56 Å². The first-order valence-corrected chi connectivity index (χ1v) is 7.45. The molecule has 0 bridgehead atoms. The molecule has 2 N–H and O–H groups in total. The van der Waals surface area contributed by atoms with Gasteiger partial charge in [0.25, 0.3) is 0 Å². The Labute approximate surface area is 130 Å². The largest absolute Gasteiger partial charge is 0.481 e. The first kappa shape index (κ1) is 15.5. The quantitative estimate of drug-likeness (QED) is 0.854. The maximum absolute atomic E-state index is 11.8. The summed E-state index contributed by atoms with van der Waals surface area (Å²) in [5.74, 6) is -1.11. The van der Waals surface area contributed by atoms with Crippen LogP contribution in [-0.4, -0.2) is 22.0 Å². The highest BCUT2D eigenvalue weighted by Gasteiger charge is 2.10. The van der Waals surface area contributed by atoms with Crippen molar-refractivity contribution in [3.05, 3.63) is 50.9 Å². The Hall–Kier alpha value is -1.92. The number of carbonyl (C=O) groups excluding carboxylic acids is 1. The smallest absolute Gasteiger partial charge is 0.309 e. The molecule has 0 spiro atoms. The van der Waals surface area contributed by atoms with E-state index in [1.54, 1.807) is 11.4 Å². The van der Waals surface area contributed by atoms with Gasteiger partial charge in [0.2, 0.25) is 5.91 Å². The zero-order chi connectivity index (χ0) is 15.2. The molecule has 21 heavy (non-hydrogen) atoms. The molecule has 1 amide bonds. The van der Waals surface area contributed by atoms with Gasteiger partial charge in [-0.05, 0) is 11.6 Å². The fourth-order valence-corrected chi connectivity index (χ4v) is 2.70. The Morgan fingerprint density at radius 3 is 2.76 bits per heavy atom. The number of carboxylic acid groups (broad SMARTS) is 1.